The van der Waals surface area contributed by atoms with Crippen molar-refractivity contribution in [2.75, 3.05) is 32.8 Å². The van der Waals surface area contributed by atoms with Crippen molar-refractivity contribution in [3.63, 3.8) is 0 Å². The molecule has 6 nitrogen and oxygen atoms in total. The first-order valence-electron chi connectivity index (χ1n) is 11.4. The molecule has 0 spiro atoms. The van der Waals surface area contributed by atoms with Crippen molar-refractivity contribution in [3.05, 3.63) is 28.8 Å². The molecule has 4 rings (SSSR count). The molecular weight excluding hydrogens is 455 g/mol. The number of amides is 1. The maximum Gasteiger partial charge on any atom is 0.422 e. The maximum absolute atomic E-state index is 12.7. The van der Waals surface area contributed by atoms with E-state index in [9.17, 15) is 22.8 Å². The molecule has 33 heavy (non-hydrogen) atoms. The van der Waals surface area contributed by atoms with Gasteiger partial charge in [-0.3, -0.25) is 4.79 Å². The van der Waals surface area contributed by atoms with Gasteiger partial charge in [-0.25, -0.2) is 9.78 Å². The predicted octanol–water partition coefficient (Wildman–Crippen LogP) is 4.34. The molecular formula is C23H28F3N3O3S. The number of ether oxygens (including phenoxy) is 1. The van der Waals surface area contributed by atoms with Crippen LogP contribution in [0.15, 0.2) is 18.2 Å². The first-order valence-corrected chi connectivity index (χ1v) is 12.2. The fraction of sp³-hybridized carbons (Fsp3) is 0.609. The van der Waals surface area contributed by atoms with Crippen LogP contribution in [0.4, 0.5) is 13.2 Å². The van der Waals surface area contributed by atoms with Crippen molar-refractivity contribution in [3.8, 4) is 0 Å². The minimum absolute atomic E-state index is 0.140. The summed E-state index contributed by atoms with van der Waals surface area (Å²) in [6.07, 6.45) is 0.196. The van der Waals surface area contributed by atoms with E-state index in [-0.39, 0.29) is 5.92 Å². The molecule has 0 bridgehead atoms. The number of alkyl halides is 3. The summed E-state index contributed by atoms with van der Waals surface area (Å²) in [5, 5.41) is 1.06. The van der Waals surface area contributed by atoms with Crippen LogP contribution in [0.5, 0.6) is 0 Å². The fourth-order valence-corrected chi connectivity index (χ4v) is 5.55. The van der Waals surface area contributed by atoms with Gasteiger partial charge in [0.25, 0.3) is 0 Å². The van der Waals surface area contributed by atoms with Crippen LogP contribution in [-0.2, 0) is 20.7 Å². The molecule has 2 aromatic rings. The number of carbonyl (C=O) groups excluding carboxylic acids is 2. The maximum atomic E-state index is 12.7. The first kappa shape index (κ1) is 23.9. The van der Waals surface area contributed by atoms with E-state index in [0.29, 0.717) is 13.0 Å². The number of nitrogens with zero attached hydrogens (tertiary/aromatic N) is 3. The normalized spacial score (nSPS) is 22.1. The van der Waals surface area contributed by atoms with Crippen LogP contribution in [0.1, 0.15) is 49.2 Å². The van der Waals surface area contributed by atoms with Gasteiger partial charge in [0, 0.05) is 19.5 Å². The summed E-state index contributed by atoms with van der Waals surface area (Å²) in [5.41, 5.74) is 1.68. The fourth-order valence-electron chi connectivity index (χ4n) is 4.62. The summed E-state index contributed by atoms with van der Waals surface area (Å²) in [6.45, 7) is 3.76. The Bertz CT molecular complexity index is 1000. The van der Waals surface area contributed by atoms with Crippen LogP contribution in [0.2, 0.25) is 0 Å². The van der Waals surface area contributed by atoms with Crippen molar-refractivity contribution >= 4 is 33.4 Å². The standard InChI is InChI=1S/C23H28F3N3O3S/c1-15-4-6-18(29(13-15)21(30)22(31)32-14-23(24,25)26)16-5-7-19-17(12-16)27-20(33-19)8-11-28-9-2-3-10-28/h5,7,12,15,18H,2-4,6,8-11,13-14H2,1H3/t15-,18+/m0/s1. The summed E-state index contributed by atoms with van der Waals surface area (Å²) in [5.74, 6) is -2.35. The zero-order valence-electron chi connectivity index (χ0n) is 18.6. The highest BCUT2D eigenvalue weighted by atomic mass is 32.1. The van der Waals surface area contributed by atoms with Gasteiger partial charge in [0.15, 0.2) is 6.61 Å². The van der Waals surface area contributed by atoms with Gasteiger partial charge < -0.3 is 14.5 Å². The van der Waals surface area contributed by atoms with Crippen LogP contribution in [0.3, 0.4) is 0 Å². The molecule has 10 heteroatoms. The van der Waals surface area contributed by atoms with Gasteiger partial charge in [-0.2, -0.15) is 13.2 Å². The molecule has 1 aromatic carbocycles. The van der Waals surface area contributed by atoms with Crippen molar-refractivity contribution < 1.29 is 27.5 Å². The molecule has 2 saturated heterocycles. The summed E-state index contributed by atoms with van der Waals surface area (Å²) < 4.78 is 42.5. The number of thiazole rings is 1. The second-order valence-corrected chi connectivity index (χ2v) is 10.1. The SMILES string of the molecule is C[C@H]1CC[C@H](c2ccc3sc(CCN4CCCC4)nc3c2)N(C(=O)C(=O)OCC(F)(F)F)C1. The van der Waals surface area contributed by atoms with E-state index in [1.54, 1.807) is 11.3 Å². The first-order chi connectivity index (χ1) is 15.7. The third kappa shape index (κ3) is 6.03. The van der Waals surface area contributed by atoms with E-state index in [0.717, 1.165) is 53.3 Å². The van der Waals surface area contributed by atoms with Crippen LogP contribution in [0.25, 0.3) is 10.2 Å². The highest BCUT2D eigenvalue weighted by Crippen LogP contribution is 2.35. The molecule has 1 amide bonds. The topological polar surface area (TPSA) is 62.7 Å². The van der Waals surface area contributed by atoms with E-state index in [1.165, 1.54) is 17.7 Å². The van der Waals surface area contributed by atoms with Crippen molar-refractivity contribution in [2.45, 2.75) is 51.2 Å². The Kier molecular flexibility index (Phi) is 7.23. The highest BCUT2D eigenvalue weighted by molar-refractivity contribution is 7.18. The third-order valence-electron chi connectivity index (χ3n) is 6.30. The molecule has 2 aliphatic rings. The number of rotatable bonds is 5. The zero-order valence-corrected chi connectivity index (χ0v) is 19.4. The van der Waals surface area contributed by atoms with E-state index in [1.807, 2.05) is 25.1 Å². The Morgan fingerprint density at radius 3 is 2.70 bits per heavy atom. The lowest BCUT2D eigenvalue weighted by molar-refractivity contribution is -0.190. The van der Waals surface area contributed by atoms with Crippen LogP contribution < -0.4 is 0 Å². The Labute approximate surface area is 194 Å². The molecule has 0 unspecified atom stereocenters. The van der Waals surface area contributed by atoms with Gasteiger partial charge in [0.2, 0.25) is 0 Å². The smallest absolute Gasteiger partial charge is 0.422 e. The molecule has 2 aliphatic heterocycles. The Hall–Kier alpha value is -2.20. The average molecular weight is 484 g/mol. The van der Waals surface area contributed by atoms with Gasteiger partial charge in [-0.15, -0.1) is 11.3 Å². The molecule has 0 N–H and O–H groups in total. The number of hydrogen-bond acceptors (Lipinski definition) is 6. The van der Waals surface area contributed by atoms with Gasteiger partial charge in [0.05, 0.1) is 21.3 Å². The number of esters is 1. The predicted molar refractivity (Wildman–Crippen MR) is 119 cm³/mol. The van der Waals surface area contributed by atoms with E-state index in [4.69, 9.17) is 4.98 Å². The summed E-state index contributed by atoms with van der Waals surface area (Å²) in [7, 11) is 0. The molecule has 2 atom stereocenters. The monoisotopic (exact) mass is 483 g/mol. The Morgan fingerprint density at radius 1 is 1.21 bits per heavy atom. The second kappa shape index (κ2) is 9.97. The lowest BCUT2D eigenvalue weighted by Crippen LogP contribution is -2.45. The number of piperidine rings is 1. The number of halogens is 3. The highest BCUT2D eigenvalue weighted by Gasteiger charge is 2.37. The Balaban J connectivity index is 1.49. The van der Waals surface area contributed by atoms with Gasteiger partial charge >= 0.3 is 18.1 Å². The molecule has 2 fully saturated rings. The largest absolute Gasteiger partial charge is 0.449 e. The van der Waals surface area contributed by atoms with Crippen LogP contribution in [0, 0.1) is 5.92 Å². The summed E-state index contributed by atoms with van der Waals surface area (Å²) in [6, 6.07) is 5.44. The molecule has 0 aliphatic carbocycles. The van der Waals surface area contributed by atoms with Crippen molar-refractivity contribution in [2.24, 2.45) is 5.92 Å². The minimum Gasteiger partial charge on any atom is -0.449 e. The third-order valence-corrected chi connectivity index (χ3v) is 7.40. The zero-order chi connectivity index (χ0) is 23.6. The molecule has 0 radical (unpaired) electrons. The molecule has 3 heterocycles. The van der Waals surface area contributed by atoms with Crippen molar-refractivity contribution in [1.82, 2.24) is 14.8 Å². The van der Waals surface area contributed by atoms with Gasteiger partial charge in [-0.1, -0.05) is 13.0 Å². The van der Waals surface area contributed by atoms with Crippen LogP contribution >= 0.6 is 11.3 Å². The summed E-state index contributed by atoms with van der Waals surface area (Å²) in [4.78, 5) is 33.3. The van der Waals surface area contributed by atoms with E-state index < -0.39 is 30.7 Å². The van der Waals surface area contributed by atoms with Crippen molar-refractivity contribution in [1.29, 1.82) is 0 Å². The van der Waals surface area contributed by atoms with Gasteiger partial charge in [0.1, 0.15) is 0 Å². The van der Waals surface area contributed by atoms with Gasteiger partial charge in [-0.05, 0) is 62.4 Å². The Morgan fingerprint density at radius 2 is 1.97 bits per heavy atom. The van der Waals surface area contributed by atoms with Crippen LogP contribution in [-0.4, -0.2) is 65.6 Å². The average Bonchev–Trinajstić information content (AvgIpc) is 3.43. The number of fused-ring (bicyclic) bond motifs is 1. The lowest BCUT2D eigenvalue weighted by Gasteiger charge is -2.38. The molecule has 180 valence electrons. The van der Waals surface area contributed by atoms with E-state index >= 15 is 0 Å². The quantitative estimate of drug-likeness (QED) is 0.468. The minimum atomic E-state index is -4.67. The number of hydrogen-bond donors (Lipinski definition) is 0. The number of likely N-dealkylation sites (tertiary alicyclic amines) is 2. The number of benzene rings is 1. The lowest BCUT2D eigenvalue weighted by atomic mass is 9.89. The summed E-state index contributed by atoms with van der Waals surface area (Å²) >= 11 is 1.66. The second-order valence-electron chi connectivity index (χ2n) is 8.98. The number of aromatic nitrogens is 1. The molecule has 1 aromatic heterocycles. The number of carbonyl (C=O) groups is 2. The van der Waals surface area contributed by atoms with E-state index in [2.05, 4.69) is 9.64 Å². The molecule has 0 saturated carbocycles.